The van der Waals surface area contributed by atoms with Gasteiger partial charge in [0.25, 0.3) is 0 Å². The Labute approximate surface area is 155 Å². The molecule has 136 valence electrons. The lowest BCUT2D eigenvalue weighted by Gasteiger charge is -2.27. The first-order valence-electron chi connectivity index (χ1n) is 9.50. The van der Waals surface area contributed by atoms with Gasteiger partial charge in [0.1, 0.15) is 12.4 Å². The Morgan fingerprint density at radius 2 is 1.77 bits per heavy atom. The largest absolute Gasteiger partial charge is 0.491 e. The quantitative estimate of drug-likeness (QED) is 0.632. The normalized spacial score (nSPS) is 18.3. The Bertz CT molecular complexity index is 823. The van der Waals surface area contributed by atoms with Crippen molar-refractivity contribution in [2.45, 2.75) is 51.9 Å². The molecule has 1 heterocycles. The van der Waals surface area contributed by atoms with Crippen molar-refractivity contribution < 1.29 is 14.3 Å². The topological polar surface area (TPSA) is 43.4 Å². The average molecular weight is 350 g/mol. The van der Waals surface area contributed by atoms with Crippen molar-refractivity contribution in [2.24, 2.45) is 0 Å². The van der Waals surface area contributed by atoms with E-state index in [9.17, 15) is 9.59 Å². The molecule has 1 aliphatic heterocycles. The molecular weight excluding hydrogens is 324 g/mol. The number of rotatable bonds is 7. The third-order valence-electron chi connectivity index (χ3n) is 5.42. The standard InChI is InChI=1S/C23H26O3/c1-4-10-21(25)16-13-18(20(24)5-2)22-19(14-16)23(6-3,15-26-22)17-11-8-7-9-12-17/h7-9,11-14H,4-6,10,15H2,1-3H3/t23-/m0/s1. The van der Waals surface area contributed by atoms with Crippen LogP contribution in [0.15, 0.2) is 42.5 Å². The maximum Gasteiger partial charge on any atom is 0.166 e. The summed E-state index contributed by atoms with van der Waals surface area (Å²) in [5.41, 5.74) is 3.00. The second kappa shape index (κ2) is 7.45. The smallest absolute Gasteiger partial charge is 0.166 e. The lowest BCUT2D eigenvalue weighted by atomic mass is 9.73. The monoisotopic (exact) mass is 350 g/mol. The van der Waals surface area contributed by atoms with Gasteiger partial charge in [-0.15, -0.1) is 0 Å². The summed E-state index contributed by atoms with van der Waals surface area (Å²) in [5, 5.41) is 0. The van der Waals surface area contributed by atoms with E-state index >= 15 is 0 Å². The summed E-state index contributed by atoms with van der Waals surface area (Å²) in [4.78, 5) is 25.1. The minimum Gasteiger partial charge on any atom is -0.491 e. The number of carbonyl (C=O) groups excluding carboxylic acids is 2. The highest BCUT2D eigenvalue weighted by Crippen LogP contribution is 2.48. The third kappa shape index (κ3) is 2.96. The fraction of sp³-hybridized carbons (Fsp3) is 0.391. The van der Waals surface area contributed by atoms with Crippen molar-refractivity contribution in [1.29, 1.82) is 0 Å². The zero-order chi connectivity index (χ0) is 18.7. The molecule has 0 unspecified atom stereocenters. The molecule has 0 aliphatic carbocycles. The molecule has 0 N–H and O–H groups in total. The van der Waals surface area contributed by atoms with E-state index < -0.39 is 0 Å². The molecule has 3 rings (SSSR count). The number of Topliss-reactive ketones (excluding diaryl/α,β-unsaturated/α-hetero) is 2. The number of ether oxygens (including phenoxy) is 1. The molecule has 0 bridgehead atoms. The van der Waals surface area contributed by atoms with Gasteiger partial charge in [0, 0.05) is 24.0 Å². The number of hydrogen-bond acceptors (Lipinski definition) is 3. The first kappa shape index (κ1) is 18.4. The van der Waals surface area contributed by atoms with Crippen molar-refractivity contribution in [2.75, 3.05) is 6.61 Å². The zero-order valence-corrected chi connectivity index (χ0v) is 15.8. The highest BCUT2D eigenvalue weighted by atomic mass is 16.5. The van der Waals surface area contributed by atoms with Gasteiger partial charge in [-0.3, -0.25) is 9.59 Å². The van der Waals surface area contributed by atoms with Gasteiger partial charge in [0.2, 0.25) is 0 Å². The van der Waals surface area contributed by atoms with Gasteiger partial charge < -0.3 is 4.74 Å². The van der Waals surface area contributed by atoms with Gasteiger partial charge >= 0.3 is 0 Å². The van der Waals surface area contributed by atoms with Crippen LogP contribution in [0.1, 0.15) is 78.3 Å². The molecule has 3 heteroatoms. The molecule has 0 radical (unpaired) electrons. The molecule has 0 fully saturated rings. The first-order valence-corrected chi connectivity index (χ1v) is 9.50. The second-order valence-corrected chi connectivity index (χ2v) is 6.94. The van der Waals surface area contributed by atoms with Crippen molar-refractivity contribution in [3.8, 4) is 5.75 Å². The highest BCUT2D eigenvalue weighted by Gasteiger charge is 2.43. The molecule has 3 nitrogen and oxygen atoms in total. The van der Waals surface area contributed by atoms with E-state index in [-0.39, 0.29) is 17.0 Å². The molecule has 0 saturated heterocycles. The second-order valence-electron chi connectivity index (χ2n) is 6.94. The molecule has 0 amide bonds. The number of hydrogen-bond donors (Lipinski definition) is 0. The van der Waals surface area contributed by atoms with Crippen LogP contribution in [0.25, 0.3) is 0 Å². The van der Waals surface area contributed by atoms with Crippen molar-refractivity contribution in [3.63, 3.8) is 0 Å². The molecule has 2 aromatic rings. The predicted molar refractivity (Wildman–Crippen MR) is 103 cm³/mol. The van der Waals surface area contributed by atoms with Crippen LogP contribution in [-0.2, 0) is 5.41 Å². The SMILES string of the molecule is CCCC(=O)c1cc(C(=O)CC)c2c(c1)[C@](CC)(c1ccccc1)CO2. The Morgan fingerprint density at radius 1 is 1.04 bits per heavy atom. The molecule has 0 spiro atoms. The fourth-order valence-electron chi connectivity index (χ4n) is 3.84. The highest BCUT2D eigenvalue weighted by molar-refractivity contribution is 6.04. The van der Waals surface area contributed by atoms with Gasteiger partial charge in [0.15, 0.2) is 11.6 Å². The van der Waals surface area contributed by atoms with E-state index in [1.807, 2.05) is 38.1 Å². The number of benzene rings is 2. The van der Waals surface area contributed by atoms with Crippen molar-refractivity contribution in [3.05, 3.63) is 64.7 Å². The minimum atomic E-state index is -0.318. The van der Waals surface area contributed by atoms with E-state index in [1.165, 1.54) is 0 Å². The van der Waals surface area contributed by atoms with Crippen LogP contribution in [0.2, 0.25) is 0 Å². The van der Waals surface area contributed by atoms with E-state index in [0.717, 1.165) is 24.0 Å². The lowest BCUT2D eigenvalue weighted by Crippen LogP contribution is -2.28. The van der Waals surface area contributed by atoms with Crippen LogP contribution < -0.4 is 4.74 Å². The third-order valence-corrected chi connectivity index (χ3v) is 5.42. The molecule has 1 atom stereocenters. The van der Waals surface area contributed by atoms with Crippen LogP contribution in [0.3, 0.4) is 0 Å². The van der Waals surface area contributed by atoms with Crippen molar-refractivity contribution in [1.82, 2.24) is 0 Å². The Balaban J connectivity index is 2.23. The maximum atomic E-state index is 12.6. The predicted octanol–water partition coefficient (Wildman–Crippen LogP) is 5.35. The molecular formula is C23H26O3. The molecule has 1 aliphatic rings. The van der Waals surface area contributed by atoms with Gasteiger partial charge in [-0.05, 0) is 30.5 Å². The Morgan fingerprint density at radius 3 is 2.38 bits per heavy atom. The summed E-state index contributed by atoms with van der Waals surface area (Å²) in [7, 11) is 0. The number of fused-ring (bicyclic) bond motifs is 1. The molecule has 2 aromatic carbocycles. The minimum absolute atomic E-state index is 0.0207. The van der Waals surface area contributed by atoms with Gasteiger partial charge in [-0.25, -0.2) is 0 Å². The molecule has 0 saturated carbocycles. The van der Waals surface area contributed by atoms with Gasteiger partial charge in [-0.1, -0.05) is 51.1 Å². The summed E-state index contributed by atoms with van der Waals surface area (Å²) in [6.07, 6.45) is 2.52. The van der Waals surface area contributed by atoms with Gasteiger partial charge in [0.05, 0.1) is 11.0 Å². The summed E-state index contributed by atoms with van der Waals surface area (Å²) in [6, 6.07) is 13.9. The average Bonchev–Trinajstić information content (AvgIpc) is 3.07. The van der Waals surface area contributed by atoms with Crippen LogP contribution in [-0.4, -0.2) is 18.2 Å². The Kier molecular flexibility index (Phi) is 5.26. The summed E-state index contributed by atoms with van der Waals surface area (Å²) in [5.74, 6) is 0.772. The zero-order valence-electron chi connectivity index (χ0n) is 15.8. The summed E-state index contributed by atoms with van der Waals surface area (Å²) in [6.45, 7) is 6.47. The fourth-order valence-corrected chi connectivity index (χ4v) is 3.84. The summed E-state index contributed by atoms with van der Waals surface area (Å²) < 4.78 is 6.08. The van der Waals surface area contributed by atoms with E-state index in [1.54, 1.807) is 6.07 Å². The number of ketones is 2. The summed E-state index contributed by atoms with van der Waals surface area (Å²) >= 11 is 0. The van der Waals surface area contributed by atoms with E-state index in [4.69, 9.17) is 4.74 Å². The van der Waals surface area contributed by atoms with Crippen LogP contribution in [0.5, 0.6) is 5.75 Å². The Hall–Kier alpha value is -2.42. The maximum absolute atomic E-state index is 12.6. The van der Waals surface area contributed by atoms with E-state index in [2.05, 4.69) is 19.1 Å². The van der Waals surface area contributed by atoms with Crippen molar-refractivity contribution >= 4 is 11.6 Å². The van der Waals surface area contributed by atoms with E-state index in [0.29, 0.717) is 36.3 Å². The molecule has 26 heavy (non-hydrogen) atoms. The van der Waals surface area contributed by atoms with Crippen LogP contribution in [0.4, 0.5) is 0 Å². The van der Waals surface area contributed by atoms with Crippen LogP contribution in [0, 0.1) is 0 Å². The van der Waals surface area contributed by atoms with Crippen LogP contribution >= 0.6 is 0 Å². The number of carbonyl (C=O) groups is 2. The lowest BCUT2D eigenvalue weighted by molar-refractivity contribution is 0.0981. The molecule has 0 aromatic heterocycles. The van der Waals surface area contributed by atoms with Gasteiger partial charge in [-0.2, -0.15) is 0 Å². The first-order chi connectivity index (χ1) is 12.6.